The normalized spacial score (nSPS) is 12.3. The van der Waals surface area contributed by atoms with Crippen molar-refractivity contribution in [2.24, 2.45) is 0 Å². The first kappa shape index (κ1) is 21.8. The third-order valence-electron chi connectivity index (χ3n) is 5.13. The minimum Gasteiger partial charge on any atom is -0.465 e. The van der Waals surface area contributed by atoms with Crippen molar-refractivity contribution in [2.45, 2.75) is 31.1 Å². The number of methoxy groups -OCH3 is 1. The molecule has 8 heteroatoms. The number of fused-ring (bicyclic) bond motifs is 3. The third kappa shape index (κ3) is 3.71. The molecule has 0 fully saturated rings. The number of hydrogen-bond acceptors (Lipinski definition) is 5. The SMILES string of the molecule is COC(=O)c1c(C(C)(C)C)oc2c1cc(NS(=O)(=O)c1ccc(F)cc1)c1ccccc12. The van der Waals surface area contributed by atoms with Gasteiger partial charge < -0.3 is 9.15 Å². The largest absolute Gasteiger partial charge is 0.465 e. The first-order valence-electron chi connectivity index (χ1n) is 9.88. The zero-order valence-corrected chi connectivity index (χ0v) is 18.8. The average molecular weight is 456 g/mol. The molecule has 0 radical (unpaired) electrons. The van der Waals surface area contributed by atoms with E-state index in [0.717, 1.165) is 12.1 Å². The van der Waals surface area contributed by atoms with Crippen LogP contribution in [0.1, 0.15) is 36.9 Å². The summed E-state index contributed by atoms with van der Waals surface area (Å²) in [6.07, 6.45) is 0. The van der Waals surface area contributed by atoms with Crippen LogP contribution in [0.15, 0.2) is 63.9 Å². The van der Waals surface area contributed by atoms with Gasteiger partial charge in [-0.25, -0.2) is 17.6 Å². The second-order valence-electron chi connectivity index (χ2n) is 8.45. The second-order valence-corrected chi connectivity index (χ2v) is 10.1. The van der Waals surface area contributed by atoms with Gasteiger partial charge in [0.05, 0.1) is 17.7 Å². The van der Waals surface area contributed by atoms with Crippen LogP contribution < -0.4 is 4.72 Å². The van der Waals surface area contributed by atoms with Crippen molar-refractivity contribution < 1.29 is 26.8 Å². The number of anilines is 1. The molecule has 0 aliphatic rings. The van der Waals surface area contributed by atoms with Crippen LogP contribution in [0.5, 0.6) is 0 Å². The topological polar surface area (TPSA) is 85.6 Å². The Bertz CT molecular complexity index is 1450. The van der Waals surface area contributed by atoms with Gasteiger partial charge in [0.15, 0.2) is 0 Å². The summed E-state index contributed by atoms with van der Waals surface area (Å²) in [7, 11) is -2.73. The summed E-state index contributed by atoms with van der Waals surface area (Å²) >= 11 is 0. The Morgan fingerprint density at radius 2 is 1.62 bits per heavy atom. The van der Waals surface area contributed by atoms with Crippen LogP contribution in [0.2, 0.25) is 0 Å². The molecule has 1 N–H and O–H groups in total. The zero-order valence-electron chi connectivity index (χ0n) is 18.0. The summed E-state index contributed by atoms with van der Waals surface area (Å²) in [5, 5.41) is 1.68. The van der Waals surface area contributed by atoms with E-state index in [1.165, 1.54) is 19.2 Å². The quantitative estimate of drug-likeness (QED) is 0.404. The number of carbonyl (C=O) groups is 1. The molecule has 0 atom stereocenters. The molecule has 0 amide bonds. The maximum Gasteiger partial charge on any atom is 0.342 e. The summed E-state index contributed by atoms with van der Waals surface area (Å²) in [5.41, 5.74) is 0.486. The molecular weight excluding hydrogens is 433 g/mol. The van der Waals surface area contributed by atoms with Gasteiger partial charge in [0.1, 0.15) is 22.7 Å². The lowest BCUT2D eigenvalue weighted by Gasteiger charge is -2.16. The molecule has 3 aromatic carbocycles. The average Bonchev–Trinajstić information content (AvgIpc) is 3.13. The van der Waals surface area contributed by atoms with Crippen LogP contribution in [0.4, 0.5) is 10.1 Å². The lowest BCUT2D eigenvalue weighted by Crippen LogP contribution is -2.16. The van der Waals surface area contributed by atoms with E-state index < -0.39 is 27.2 Å². The molecule has 166 valence electrons. The van der Waals surface area contributed by atoms with Crippen LogP contribution in [-0.2, 0) is 20.2 Å². The fourth-order valence-electron chi connectivity index (χ4n) is 3.65. The van der Waals surface area contributed by atoms with Gasteiger partial charge in [-0.1, -0.05) is 45.0 Å². The molecule has 0 saturated carbocycles. The first-order valence-corrected chi connectivity index (χ1v) is 11.4. The van der Waals surface area contributed by atoms with Gasteiger partial charge >= 0.3 is 5.97 Å². The number of rotatable bonds is 4. The molecule has 0 aliphatic carbocycles. The summed E-state index contributed by atoms with van der Waals surface area (Å²) in [4.78, 5) is 12.6. The van der Waals surface area contributed by atoms with Crippen molar-refractivity contribution in [3.05, 3.63) is 71.7 Å². The molecule has 0 saturated heterocycles. The number of benzene rings is 3. The van der Waals surface area contributed by atoms with E-state index >= 15 is 0 Å². The minimum atomic E-state index is -4.01. The van der Waals surface area contributed by atoms with E-state index in [9.17, 15) is 17.6 Å². The standard InChI is InChI=1S/C24H22FNO5S/c1-24(2,3)22-20(23(27)30-4)18-13-19(16-7-5-6-8-17(16)21(18)31-22)26-32(28,29)15-11-9-14(25)10-12-15/h5-13,26H,1-4H3. The number of hydrogen-bond donors (Lipinski definition) is 1. The van der Waals surface area contributed by atoms with Crippen molar-refractivity contribution in [3.63, 3.8) is 0 Å². The van der Waals surface area contributed by atoms with E-state index in [1.54, 1.807) is 30.3 Å². The second kappa shape index (κ2) is 7.63. The van der Waals surface area contributed by atoms with Crippen LogP contribution in [0.3, 0.4) is 0 Å². The number of sulfonamides is 1. The Labute approximate surface area is 185 Å². The Morgan fingerprint density at radius 3 is 2.22 bits per heavy atom. The molecule has 4 aromatic rings. The van der Waals surface area contributed by atoms with Crippen LogP contribution in [-0.4, -0.2) is 21.5 Å². The maximum absolute atomic E-state index is 13.3. The Hall–Kier alpha value is -3.39. The van der Waals surface area contributed by atoms with Gasteiger partial charge in [-0.05, 0) is 30.3 Å². The molecule has 0 bridgehead atoms. The van der Waals surface area contributed by atoms with E-state index in [-0.39, 0.29) is 16.1 Å². The molecule has 0 unspecified atom stereocenters. The highest BCUT2D eigenvalue weighted by Gasteiger charge is 2.31. The van der Waals surface area contributed by atoms with Gasteiger partial charge in [0, 0.05) is 21.6 Å². The van der Waals surface area contributed by atoms with Crippen molar-refractivity contribution >= 4 is 43.4 Å². The van der Waals surface area contributed by atoms with Crippen molar-refractivity contribution in [2.75, 3.05) is 11.8 Å². The Kier molecular flexibility index (Phi) is 5.21. The predicted octanol–water partition coefficient (Wildman–Crippen LogP) is 5.61. The number of furan rings is 1. The van der Waals surface area contributed by atoms with Gasteiger partial charge in [-0.3, -0.25) is 4.72 Å². The van der Waals surface area contributed by atoms with Gasteiger partial charge in [-0.15, -0.1) is 0 Å². The number of carbonyl (C=O) groups excluding carboxylic acids is 1. The van der Waals surface area contributed by atoms with E-state index in [2.05, 4.69) is 4.72 Å². The molecule has 6 nitrogen and oxygen atoms in total. The molecule has 0 spiro atoms. The van der Waals surface area contributed by atoms with E-state index in [1.807, 2.05) is 20.8 Å². The van der Waals surface area contributed by atoms with Crippen LogP contribution >= 0.6 is 0 Å². The molecule has 4 rings (SSSR count). The lowest BCUT2D eigenvalue weighted by atomic mass is 9.89. The zero-order chi connectivity index (χ0) is 23.3. The number of nitrogens with one attached hydrogen (secondary N) is 1. The van der Waals surface area contributed by atoms with Crippen molar-refractivity contribution in [1.82, 2.24) is 0 Å². The number of halogens is 1. The minimum absolute atomic E-state index is 0.0844. The molecule has 1 heterocycles. The fourth-order valence-corrected chi connectivity index (χ4v) is 4.73. The molecule has 1 aromatic heterocycles. The predicted molar refractivity (Wildman–Crippen MR) is 121 cm³/mol. The highest BCUT2D eigenvalue weighted by molar-refractivity contribution is 7.92. The van der Waals surface area contributed by atoms with Crippen LogP contribution in [0.25, 0.3) is 21.7 Å². The van der Waals surface area contributed by atoms with Crippen molar-refractivity contribution in [3.8, 4) is 0 Å². The van der Waals surface area contributed by atoms with Crippen molar-refractivity contribution in [1.29, 1.82) is 0 Å². The maximum atomic E-state index is 13.3. The number of ether oxygens (including phenoxy) is 1. The van der Waals surface area contributed by atoms with E-state index in [0.29, 0.717) is 27.5 Å². The van der Waals surface area contributed by atoms with E-state index in [4.69, 9.17) is 9.15 Å². The monoisotopic (exact) mass is 455 g/mol. The van der Waals surface area contributed by atoms with Gasteiger partial charge in [0.25, 0.3) is 10.0 Å². The van der Waals surface area contributed by atoms with Gasteiger partial charge in [-0.2, -0.15) is 0 Å². The summed E-state index contributed by atoms with van der Waals surface area (Å²) in [5.74, 6) is -0.661. The Morgan fingerprint density at radius 1 is 1.00 bits per heavy atom. The van der Waals surface area contributed by atoms with Crippen LogP contribution in [0, 0.1) is 5.82 Å². The molecular formula is C24H22FNO5S. The fraction of sp³-hybridized carbons (Fsp3) is 0.208. The highest BCUT2D eigenvalue weighted by atomic mass is 32.2. The number of esters is 1. The summed E-state index contributed by atoms with van der Waals surface area (Å²) in [6, 6.07) is 13.2. The lowest BCUT2D eigenvalue weighted by molar-refractivity contribution is 0.0598. The third-order valence-corrected chi connectivity index (χ3v) is 6.52. The summed E-state index contributed by atoms with van der Waals surface area (Å²) in [6.45, 7) is 5.74. The molecule has 32 heavy (non-hydrogen) atoms. The summed E-state index contributed by atoms with van der Waals surface area (Å²) < 4.78 is 53.0. The smallest absolute Gasteiger partial charge is 0.342 e. The van der Waals surface area contributed by atoms with Gasteiger partial charge in [0.2, 0.25) is 0 Å². The Balaban J connectivity index is 2.01. The first-order chi connectivity index (χ1) is 15.0. The highest BCUT2D eigenvalue weighted by Crippen LogP contribution is 2.41. The molecule has 0 aliphatic heterocycles.